The smallest absolute Gasteiger partial charge is 0.208 e. The second kappa shape index (κ2) is 11.7. The van der Waals surface area contributed by atoms with Crippen molar-refractivity contribution in [3.05, 3.63) is 71.8 Å². The molecule has 9 nitrogen and oxygen atoms in total. The Bertz CT molecular complexity index is 1520. The van der Waals surface area contributed by atoms with E-state index in [0.717, 1.165) is 61.7 Å². The van der Waals surface area contributed by atoms with Crippen LogP contribution in [-0.4, -0.2) is 76.9 Å². The summed E-state index contributed by atoms with van der Waals surface area (Å²) in [4.78, 5) is 14.1. The third kappa shape index (κ3) is 6.36. The van der Waals surface area contributed by atoms with Crippen LogP contribution >= 0.6 is 0 Å². The average molecular weight is 560 g/mol. The average Bonchev–Trinajstić information content (AvgIpc) is 3.67. The van der Waals surface area contributed by atoms with E-state index in [2.05, 4.69) is 32.5 Å². The maximum absolute atomic E-state index is 14.2. The first kappa shape index (κ1) is 27.6. The Morgan fingerprint density at radius 3 is 2.63 bits per heavy atom. The van der Waals surface area contributed by atoms with E-state index in [1.165, 1.54) is 6.07 Å². The van der Waals surface area contributed by atoms with E-state index in [1.54, 1.807) is 12.3 Å². The SMILES string of the molecule is CC(C)c1cc(Nc2nc3cc(Oc4ccnc(C5OC5NCCN5CCN(C)CC5)c4)ccc3n2C)ccc1F. The highest BCUT2D eigenvalue weighted by molar-refractivity contribution is 5.81. The zero-order valence-corrected chi connectivity index (χ0v) is 24.1. The van der Waals surface area contributed by atoms with Crippen LogP contribution < -0.4 is 15.4 Å². The first-order valence-electron chi connectivity index (χ1n) is 14.3. The largest absolute Gasteiger partial charge is 0.457 e. The molecule has 2 aromatic heterocycles. The van der Waals surface area contributed by atoms with Crippen molar-refractivity contribution < 1.29 is 13.9 Å². The Hall–Kier alpha value is -3.57. The summed E-state index contributed by atoms with van der Waals surface area (Å²) in [5.41, 5.74) is 4.07. The molecule has 0 spiro atoms. The van der Waals surface area contributed by atoms with Crippen molar-refractivity contribution in [1.82, 2.24) is 29.7 Å². The van der Waals surface area contributed by atoms with Crippen molar-refractivity contribution >= 4 is 22.7 Å². The molecule has 41 heavy (non-hydrogen) atoms. The molecule has 2 aliphatic heterocycles. The lowest BCUT2D eigenvalue weighted by Crippen LogP contribution is -2.46. The molecule has 4 aromatic rings. The highest BCUT2D eigenvalue weighted by Gasteiger charge is 2.41. The second-order valence-corrected chi connectivity index (χ2v) is 11.3. The number of halogens is 1. The first-order valence-corrected chi connectivity index (χ1v) is 14.3. The molecule has 0 bridgehead atoms. The number of nitrogens with zero attached hydrogens (tertiary/aromatic N) is 5. The fraction of sp³-hybridized carbons (Fsp3) is 0.419. The molecule has 2 unspecified atom stereocenters. The zero-order valence-electron chi connectivity index (χ0n) is 24.1. The number of anilines is 2. The van der Waals surface area contributed by atoms with Gasteiger partial charge < -0.3 is 24.3 Å². The minimum Gasteiger partial charge on any atom is -0.457 e. The normalized spacial score (nSPS) is 19.7. The van der Waals surface area contributed by atoms with Crippen LogP contribution in [0.4, 0.5) is 16.0 Å². The van der Waals surface area contributed by atoms with Gasteiger partial charge in [0.15, 0.2) is 0 Å². The second-order valence-electron chi connectivity index (χ2n) is 11.3. The predicted octanol–water partition coefficient (Wildman–Crippen LogP) is 5.00. The Morgan fingerprint density at radius 2 is 1.83 bits per heavy atom. The van der Waals surface area contributed by atoms with Gasteiger partial charge in [0, 0.05) is 70.3 Å². The van der Waals surface area contributed by atoms with E-state index in [0.29, 0.717) is 23.0 Å². The minimum absolute atomic E-state index is 0.0151. The summed E-state index contributed by atoms with van der Waals surface area (Å²) in [6.07, 6.45) is 1.67. The number of aromatic nitrogens is 3. The fourth-order valence-electron chi connectivity index (χ4n) is 5.26. The third-order valence-corrected chi connectivity index (χ3v) is 7.87. The van der Waals surface area contributed by atoms with Gasteiger partial charge in [0.1, 0.15) is 29.6 Å². The Morgan fingerprint density at radius 1 is 1.02 bits per heavy atom. The third-order valence-electron chi connectivity index (χ3n) is 7.87. The molecule has 0 amide bonds. The highest BCUT2D eigenvalue weighted by atomic mass is 19.1. The van der Waals surface area contributed by atoms with Crippen molar-refractivity contribution in [3.8, 4) is 11.5 Å². The number of nitrogens with one attached hydrogen (secondary N) is 2. The number of hydrogen-bond donors (Lipinski definition) is 2. The van der Waals surface area contributed by atoms with Crippen LogP contribution in [0.15, 0.2) is 54.7 Å². The quantitative estimate of drug-likeness (QED) is 0.263. The van der Waals surface area contributed by atoms with Crippen molar-refractivity contribution in [3.63, 3.8) is 0 Å². The fourth-order valence-corrected chi connectivity index (χ4v) is 5.26. The van der Waals surface area contributed by atoms with Crippen molar-refractivity contribution in [2.45, 2.75) is 32.1 Å². The number of aryl methyl sites for hydroxylation is 1. The number of epoxide rings is 1. The van der Waals surface area contributed by atoms with E-state index in [-0.39, 0.29) is 24.1 Å². The van der Waals surface area contributed by atoms with Crippen LogP contribution in [0, 0.1) is 5.82 Å². The lowest BCUT2D eigenvalue weighted by molar-refractivity contribution is 0.153. The summed E-state index contributed by atoms with van der Waals surface area (Å²) < 4.78 is 28.2. The summed E-state index contributed by atoms with van der Waals surface area (Å²) in [5, 5.41) is 6.83. The lowest BCUT2D eigenvalue weighted by atomic mass is 10.0. The van der Waals surface area contributed by atoms with Gasteiger partial charge in [0.25, 0.3) is 0 Å². The molecule has 10 heteroatoms. The van der Waals surface area contributed by atoms with Crippen LogP contribution in [0.25, 0.3) is 11.0 Å². The minimum atomic E-state index is -0.196. The van der Waals surface area contributed by atoms with Gasteiger partial charge in [-0.25, -0.2) is 9.37 Å². The van der Waals surface area contributed by atoms with Gasteiger partial charge >= 0.3 is 0 Å². The summed E-state index contributed by atoms with van der Waals surface area (Å²) in [7, 11) is 4.12. The Balaban J connectivity index is 1.08. The van der Waals surface area contributed by atoms with E-state index in [9.17, 15) is 4.39 Å². The molecular weight excluding hydrogens is 521 g/mol. The molecule has 2 aliphatic rings. The van der Waals surface area contributed by atoms with E-state index in [4.69, 9.17) is 14.5 Å². The molecule has 216 valence electrons. The lowest BCUT2D eigenvalue weighted by Gasteiger charge is -2.32. The van der Waals surface area contributed by atoms with Gasteiger partial charge in [-0.2, -0.15) is 0 Å². The number of fused-ring (bicyclic) bond motifs is 1. The zero-order chi connectivity index (χ0) is 28.5. The number of likely N-dealkylation sites (N-methyl/N-ethyl adjacent to an activating group) is 1. The topological polar surface area (TPSA) is 83.0 Å². The van der Waals surface area contributed by atoms with Gasteiger partial charge in [0.05, 0.1) is 16.7 Å². The Labute approximate surface area is 240 Å². The molecule has 0 saturated carbocycles. The number of hydrogen-bond acceptors (Lipinski definition) is 8. The van der Waals surface area contributed by atoms with Gasteiger partial charge in [-0.15, -0.1) is 0 Å². The van der Waals surface area contributed by atoms with Crippen molar-refractivity contribution in [2.75, 3.05) is 51.6 Å². The Kier molecular flexibility index (Phi) is 7.90. The monoisotopic (exact) mass is 559 g/mol. The van der Waals surface area contributed by atoms with Crippen LogP contribution in [0.2, 0.25) is 0 Å². The van der Waals surface area contributed by atoms with Crippen molar-refractivity contribution in [2.24, 2.45) is 7.05 Å². The van der Waals surface area contributed by atoms with Gasteiger partial charge in [-0.3, -0.25) is 15.2 Å². The van der Waals surface area contributed by atoms with Crippen LogP contribution in [-0.2, 0) is 11.8 Å². The highest BCUT2D eigenvalue weighted by Crippen LogP contribution is 2.37. The number of imidazole rings is 1. The van der Waals surface area contributed by atoms with Crippen LogP contribution in [0.1, 0.15) is 37.1 Å². The number of benzene rings is 2. The molecule has 0 radical (unpaired) electrons. The number of pyridine rings is 1. The number of piperazine rings is 1. The van der Waals surface area contributed by atoms with Crippen molar-refractivity contribution in [1.29, 1.82) is 0 Å². The summed E-state index contributed by atoms with van der Waals surface area (Å²) in [6, 6.07) is 14.7. The van der Waals surface area contributed by atoms with Gasteiger partial charge in [0.2, 0.25) is 5.95 Å². The molecule has 0 aliphatic carbocycles. The molecule has 2 saturated heterocycles. The molecular formula is C31H38FN7O2. The summed E-state index contributed by atoms with van der Waals surface area (Å²) in [6.45, 7) is 10.4. The molecule has 2 fully saturated rings. The maximum atomic E-state index is 14.2. The van der Waals surface area contributed by atoms with Gasteiger partial charge in [-0.1, -0.05) is 13.8 Å². The number of ether oxygens (including phenoxy) is 2. The molecule has 6 rings (SSSR count). The number of rotatable bonds is 10. The summed E-state index contributed by atoms with van der Waals surface area (Å²) >= 11 is 0. The standard InChI is InChI=1S/C31H38FN7O2/c1-20(2)24-17-21(5-7-25(24)32)35-31-36-26-18-22(6-8-28(26)38(31)4)40-23-9-10-33-27(19-23)29-30(41-29)34-11-12-39-15-13-37(3)14-16-39/h5-10,17-20,29-30,34H,11-16H2,1-4H3,(H,35,36). The van der Waals surface area contributed by atoms with Crippen LogP contribution in [0.3, 0.4) is 0 Å². The first-order chi connectivity index (χ1) is 19.8. The van der Waals surface area contributed by atoms with Crippen LogP contribution in [0.5, 0.6) is 11.5 Å². The predicted molar refractivity (Wildman–Crippen MR) is 158 cm³/mol. The molecule has 4 heterocycles. The van der Waals surface area contributed by atoms with E-state index in [1.807, 2.05) is 61.9 Å². The molecule has 2 aromatic carbocycles. The van der Waals surface area contributed by atoms with Gasteiger partial charge in [-0.05, 0) is 54.9 Å². The summed E-state index contributed by atoms with van der Waals surface area (Å²) in [5.74, 6) is 1.94. The maximum Gasteiger partial charge on any atom is 0.208 e. The molecule has 2 N–H and O–H groups in total. The molecule has 2 atom stereocenters. The van der Waals surface area contributed by atoms with E-state index < -0.39 is 0 Å². The van der Waals surface area contributed by atoms with E-state index >= 15 is 0 Å².